The van der Waals surface area contributed by atoms with Crippen molar-refractivity contribution in [2.75, 3.05) is 55.7 Å². The SMILES string of the molecule is COc1cc2ccc3cc(Oc4ccc(N)cc4N)c(F)c(F)c3c2c(F)c1F.COc1ccc(-c2ccc3cc(Oc4ccc(N)cc4N)c(F)c(F)c3c2F)cc1.COc1ccc2cc(Oc3ccc(N)cc3N)c(F)c(F)c2c1. The highest BCUT2D eigenvalue weighted by atomic mass is 19.2. The Kier molecular flexibility index (Phi) is 15.8. The molecule has 0 aliphatic carbocycles. The summed E-state index contributed by atoms with van der Waals surface area (Å²) in [7, 11) is 4.15. The predicted octanol–water partition coefficient (Wildman–Crippen LogP) is 15.5. The summed E-state index contributed by atoms with van der Waals surface area (Å²) in [5.41, 5.74) is 36.6. The third-order valence-corrected chi connectivity index (χ3v) is 12.8. The number of anilines is 6. The fourth-order valence-corrected chi connectivity index (χ4v) is 8.66. The van der Waals surface area contributed by atoms with Gasteiger partial charge in [0.25, 0.3) is 0 Å². The molecule has 12 N–H and O–H groups in total. The Labute approximate surface area is 460 Å². The number of fused-ring (bicyclic) bond motifs is 5. The standard InChI is InChI=1S/C23H17F3N2O2.C21H14F4N2O2.C17H14F2N2O2/c1-29-15-6-2-12(3-7-15)16-8-4-13-10-19(22(25)23(26)20(13)21(16)24)30-18-9-5-14(27)11-17(18)28;1-28-14-6-9-2-3-10-7-15(29-13-5-4-11(26)8-12(13)27)19(23)21(25)17(10)16(9)20(24)18(14)22;1-22-11-4-2-9-6-15(17(19)16(18)12(9)8-11)23-14-5-3-10(20)7-13(14)21/h2-11H,27-28H2,1H3;2-8H,26-27H2,1H3;2-8H,20-21H2,1H3. The van der Waals surface area contributed by atoms with Crippen molar-refractivity contribution >= 4 is 77.2 Å². The van der Waals surface area contributed by atoms with Crippen molar-refractivity contribution < 1.29 is 67.9 Å². The van der Waals surface area contributed by atoms with Gasteiger partial charge in [-0.05, 0) is 130 Å². The molecule has 0 spiro atoms. The van der Waals surface area contributed by atoms with Gasteiger partial charge in [-0.1, -0.05) is 42.5 Å². The molecular formula is C61H45F9N6O6. The summed E-state index contributed by atoms with van der Waals surface area (Å²) in [5.74, 6) is -11.0. The van der Waals surface area contributed by atoms with E-state index < -0.39 is 80.0 Å². The summed E-state index contributed by atoms with van der Waals surface area (Å²) in [5, 5.41) is -0.251. The molecule has 0 fully saturated rings. The maximum absolute atomic E-state index is 15.1. The van der Waals surface area contributed by atoms with Crippen molar-refractivity contribution in [2.45, 2.75) is 0 Å². The van der Waals surface area contributed by atoms with Gasteiger partial charge < -0.3 is 62.8 Å². The van der Waals surface area contributed by atoms with Gasteiger partial charge in [0.2, 0.25) is 23.3 Å². The van der Waals surface area contributed by atoms with Gasteiger partial charge in [0, 0.05) is 38.8 Å². The molecule has 11 aromatic carbocycles. The summed E-state index contributed by atoms with van der Waals surface area (Å²) < 4.78 is 163. The molecule has 0 aliphatic heterocycles. The molecule has 82 heavy (non-hydrogen) atoms. The first-order chi connectivity index (χ1) is 39.2. The number of halogens is 9. The van der Waals surface area contributed by atoms with Gasteiger partial charge in [0.1, 0.15) is 17.3 Å². The van der Waals surface area contributed by atoms with Crippen molar-refractivity contribution in [1.29, 1.82) is 0 Å². The molecule has 0 amide bonds. The number of rotatable bonds is 10. The minimum atomic E-state index is -1.37. The molecule has 11 rings (SSSR count). The Balaban J connectivity index is 0.000000150. The molecule has 418 valence electrons. The van der Waals surface area contributed by atoms with E-state index in [0.29, 0.717) is 39.5 Å². The first kappa shape index (κ1) is 56.2. The van der Waals surface area contributed by atoms with Crippen LogP contribution in [0.15, 0.2) is 146 Å². The van der Waals surface area contributed by atoms with Crippen LogP contribution in [0, 0.1) is 52.4 Å². The third-order valence-electron chi connectivity index (χ3n) is 12.8. The lowest BCUT2D eigenvalue weighted by Crippen LogP contribution is -1.99. The maximum Gasteiger partial charge on any atom is 0.202 e. The second kappa shape index (κ2) is 23.0. The minimum absolute atomic E-state index is 0.0691. The lowest BCUT2D eigenvalue weighted by atomic mass is 9.99. The average Bonchev–Trinajstić information content (AvgIpc) is 3.27. The van der Waals surface area contributed by atoms with E-state index in [1.165, 1.54) is 124 Å². The van der Waals surface area contributed by atoms with Crippen molar-refractivity contribution in [1.82, 2.24) is 0 Å². The Hall–Kier alpha value is -10.6. The van der Waals surface area contributed by atoms with Crippen LogP contribution in [0.3, 0.4) is 0 Å². The van der Waals surface area contributed by atoms with E-state index in [2.05, 4.69) is 0 Å². The quantitative estimate of drug-likeness (QED) is 0.0429. The van der Waals surface area contributed by atoms with Gasteiger partial charge in [-0.3, -0.25) is 0 Å². The van der Waals surface area contributed by atoms with Gasteiger partial charge in [-0.25, -0.2) is 22.0 Å². The van der Waals surface area contributed by atoms with Crippen molar-refractivity contribution in [3.63, 3.8) is 0 Å². The van der Waals surface area contributed by atoms with Crippen LogP contribution in [0.1, 0.15) is 0 Å². The average molecular weight is 1130 g/mol. The van der Waals surface area contributed by atoms with Gasteiger partial charge in [0.05, 0.1) is 43.8 Å². The minimum Gasteiger partial charge on any atom is -0.497 e. The Morgan fingerprint density at radius 2 is 0.646 bits per heavy atom. The highest BCUT2D eigenvalue weighted by molar-refractivity contribution is 6.09. The van der Waals surface area contributed by atoms with E-state index in [4.69, 9.17) is 62.8 Å². The second-order valence-electron chi connectivity index (χ2n) is 18.0. The highest BCUT2D eigenvalue weighted by Crippen LogP contribution is 2.42. The number of methoxy groups -OCH3 is 3. The van der Waals surface area contributed by atoms with Crippen LogP contribution in [0.4, 0.5) is 73.6 Å². The monoisotopic (exact) mass is 1130 g/mol. The predicted molar refractivity (Wildman–Crippen MR) is 300 cm³/mol. The Morgan fingerprint density at radius 3 is 1.09 bits per heavy atom. The Bertz CT molecular complexity index is 4310. The van der Waals surface area contributed by atoms with Crippen LogP contribution < -0.4 is 62.8 Å². The van der Waals surface area contributed by atoms with Gasteiger partial charge in [-0.15, -0.1) is 0 Å². The molecule has 0 heterocycles. The van der Waals surface area contributed by atoms with Crippen LogP contribution in [-0.4, -0.2) is 21.3 Å². The lowest BCUT2D eigenvalue weighted by Gasteiger charge is -2.14. The smallest absolute Gasteiger partial charge is 0.202 e. The topological polar surface area (TPSA) is 212 Å². The summed E-state index contributed by atoms with van der Waals surface area (Å²) in [6.07, 6.45) is 0. The number of nitrogens with two attached hydrogens (primary N) is 6. The maximum atomic E-state index is 15.1. The summed E-state index contributed by atoms with van der Waals surface area (Å²) in [6, 6.07) is 35.4. The molecule has 11 aromatic rings. The summed E-state index contributed by atoms with van der Waals surface area (Å²) in [4.78, 5) is 0. The molecule has 21 heteroatoms. The van der Waals surface area contributed by atoms with Gasteiger partial charge in [0.15, 0.2) is 63.5 Å². The van der Waals surface area contributed by atoms with Crippen molar-refractivity contribution in [2.24, 2.45) is 0 Å². The van der Waals surface area contributed by atoms with E-state index in [1.54, 1.807) is 42.5 Å². The lowest BCUT2D eigenvalue weighted by molar-refractivity contribution is 0.374. The first-order valence-corrected chi connectivity index (χ1v) is 24.1. The molecule has 0 saturated heterocycles. The Morgan fingerprint density at radius 1 is 0.280 bits per heavy atom. The van der Waals surface area contributed by atoms with E-state index in [9.17, 15) is 35.1 Å². The van der Waals surface area contributed by atoms with Crippen LogP contribution in [0.25, 0.3) is 54.2 Å². The molecule has 12 nitrogen and oxygen atoms in total. The zero-order chi connectivity index (χ0) is 58.8. The first-order valence-electron chi connectivity index (χ1n) is 24.1. The summed E-state index contributed by atoms with van der Waals surface area (Å²) in [6.45, 7) is 0. The zero-order valence-electron chi connectivity index (χ0n) is 43.2. The van der Waals surface area contributed by atoms with Crippen molar-refractivity contribution in [3.05, 3.63) is 198 Å². The normalized spacial score (nSPS) is 11.0. The fraction of sp³-hybridized carbons (Fsp3) is 0.0492. The molecule has 0 unspecified atom stereocenters. The number of ether oxygens (including phenoxy) is 6. The van der Waals surface area contributed by atoms with E-state index >= 15 is 4.39 Å². The largest absolute Gasteiger partial charge is 0.497 e. The second-order valence-corrected chi connectivity index (χ2v) is 18.0. The third kappa shape index (κ3) is 11.1. The molecular weight excluding hydrogens is 1080 g/mol. The van der Waals surface area contributed by atoms with E-state index in [1.807, 2.05) is 0 Å². The molecule has 0 atom stereocenters. The van der Waals surface area contributed by atoms with Crippen LogP contribution in [0.5, 0.6) is 51.7 Å². The van der Waals surface area contributed by atoms with Gasteiger partial charge >= 0.3 is 0 Å². The molecule has 0 aromatic heterocycles. The highest BCUT2D eigenvalue weighted by Gasteiger charge is 2.25. The zero-order valence-corrected chi connectivity index (χ0v) is 43.2. The number of benzene rings is 11. The van der Waals surface area contributed by atoms with Crippen LogP contribution in [0.2, 0.25) is 0 Å². The van der Waals surface area contributed by atoms with Crippen molar-refractivity contribution in [3.8, 4) is 62.9 Å². The number of hydrogen-bond donors (Lipinski definition) is 6. The molecule has 0 bridgehead atoms. The van der Waals surface area contributed by atoms with Crippen LogP contribution in [-0.2, 0) is 0 Å². The molecule has 0 radical (unpaired) electrons. The van der Waals surface area contributed by atoms with E-state index in [0.717, 1.165) is 0 Å². The number of hydrogen-bond acceptors (Lipinski definition) is 12. The van der Waals surface area contributed by atoms with E-state index in [-0.39, 0.29) is 72.9 Å². The molecule has 0 saturated carbocycles. The van der Waals surface area contributed by atoms with Gasteiger partial charge in [-0.2, -0.15) is 17.6 Å². The molecule has 0 aliphatic rings. The number of nitrogen functional groups attached to an aromatic ring is 6. The fourth-order valence-electron chi connectivity index (χ4n) is 8.66. The van der Waals surface area contributed by atoms with Crippen LogP contribution >= 0.6 is 0 Å². The summed E-state index contributed by atoms with van der Waals surface area (Å²) >= 11 is 0.